The number of allylic oxidation sites excluding steroid dienone is 5. The maximum atomic E-state index is 12.3. The predicted molar refractivity (Wildman–Crippen MR) is 81.3 cm³/mol. The van der Waals surface area contributed by atoms with Crippen LogP contribution in [0.3, 0.4) is 0 Å². The van der Waals surface area contributed by atoms with Crippen molar-refractivity contribution in [3.63, 3.8) is 0 Å². The van der Waals surface area contributed by atoms with Crippen LogP contribution < -0.4 is 0 Å². The highest BCUT2D eigenvalue weighted by atomic mass is 16.1. The van der Waals surface area contributed by atoms with Crippen LogP contribution in [0.25, 0.3) is 5.57 Å². The summed E-state index contributed by atoms with van der Waals surface area (Å²) in [5.41, 5.74) is 7.59. The minimum absolute atomic E-state index is 0.303. The first-order valence-corrected chi connectivity index (χ1v) is 7.35. The summed E-state index contributed by atoms with van der Waals surface area (Å²) in [5.74, 6) is 0.360. The van der Waals surface area contributed by atoms with Crippen molar-refractivity contribution < 1.29 is 4.79 Å². The SMILES string of the molecule is C=C1CC2(C)C(=O)CC=C2C2=C1c1ccccc1CC2. The second kappa shape index (κ2) is 3.82. The molecule has 0 aliphatic heterocycles. The molecule has 0 fully saturated rings. The van der Waals surface area contributed by atoms with E-state index in [4.69, 9.17) is 0 Å². The minimum atomic E-state index is -0.303. The van der Waals surface area contributed by atoms with Crippen LogP contribution in [0.15, 0.2) is 53.6 Å². The zero-order chi connectivity index (χ0) is 13.9. The van der Waals surface area contributed by atoms with Crippen molar-refractivity contribution in [1.29, 1.82) is 0 Å². The lowest BCUT2D eigenvalue weighted by atomic mass is 9.64. The van der Waals surface area contributed by atoms with Crippen LogP contribution in [0.5, 0.6) is 0 Å². The Bertz CT molecular complexity index is 717. The largest absolute Gasteiger partial charge is 0.298 e. The maximum Gasteiger partial charge on any atom is 0.147 e. The van der Waals surface area contributed by atoms with Crippen LogP contribution in [0.2, 0.25) is 0 Å². The molecule has 0 spiro atoms. The van der Waals surface area contributed by atoms with Crippen molar-refractivity contribution in [2.45, 2.75) is 32.6 Å². The summed E-state index contributed by atoms with van der Waals surface area (Å²) in [7, 11) is 0. The molecule has 3 aliphatic rings. The topological polar surface area (TPSA) is 17.1 Å². The van der Waals surface area contributed by atoms with Gasteiger partial charge in [-0.25, -0.2) is 0 Å². The first-order valence-electron chi connectivity index (χ1n) is 7.35. The Hall–Kier alpha value is -1.89. The molecule has 20 heavy (non-hydrogen) atoms. The molecule has 0 aromatic heterocycles. The summed E-state index contributed by atoms with van der Waals surface area (Å²) in [6.07, 6.45) is 5.66. The van der Waals surface area contributed by atoms with E-state index in [1.54, 1.807) is 0 Å². The van der Waals surface area contributed by atoms with Crippen LogP contribution in [0.4, 0.5) is 0 Å². The van der Waals surface area contributed by atoms with Crippen LogP contribution >= 0.6 is 0 Å². The van der Waals surface area contributed by atoms with Crippen molar-refractivity contribution >= 4 is 11.4 Å². The molecule has 1 aromatic rings. The van der Waals surface area contributed by atoms with Gasteiger partial charge in [0.1, 0.15) is 5.78 Å². The van der Waals surface area contributed by atoms with Gasteiger partial charge in [0.15, 0.2) is 0 Å². The van der Waals surface area contributed by atoms with E-state index in [1.165, 1.54) is 27.8 Å². The van der Waals surface area contributed by atoms with Gasteiger partial charge in [-0.3, -0.25) is 4.79 Å². The molecule has 0 N–H and O–H groups in total. The van der Waals surface area contributed by atoms with Gasteiger partial charge in [-0.15, -0.1) is 0 Å². The van der Waals surface area contributed by atoms with Crippen molar-refractivity contribution in [2.24, 2.45) is 5.41 Å². The standard InChI is InChI=1S/C19H18O/c1-12-11-19(2)16(9-10-17(19)20)15-8-7-13-5-3-4-6-14(13)18(12)15/h3-6,9H,1,7-8,10-11H2,2H3. The lowest BCUT2D eigenvalue weighted by molar-refractivity contribution is -0.124. The van der Waals surface area contributed by atoms with Gasteiger partial charge in [-0.1, -0.05) is 36.9 Å². The summed E-state index contributed by atoms with van der Waals surface area (Å²) < 4.78 is 0. The first kappa shape index (κ1) is 11.9. The van der Waals surface area contributed by atoms with E-state index in [0.717, 1.165) is 24.8 Å². The molecule has 1 atom stereocenters. The Morgan fingerprint density at radius 2 is 2.00 bits per heavy atom. The Kier molecular flexibility index (Phi) is 2.27. The molecule has 1 aromatic carbocycles. The van der Waals surface area contributed by atoms with Gasteiger partial charge < -0.3 is 0 Å². The van der Waals surface area contributed by atoms with Gasteiger partial charge in [0, 0.05) is 6.42 Å². The van der Waals surface area contributed by atoms with Crippen molar-refractivity contribution in [3.8, 4) is 0 Å². The fraction of sp³-hybridized carbons (Fsp3) is 0.316. The molecule has 1 heteroatoms. The second-order valence-corrected chi connectivity index (χ2v) is 6.37. The van der Waals surface area contributed by atoms with E-state index in [-0.39, 0.29) is 5.41 Å². The van der Waals surface area contributed by atoms with Gasteiger partial charge in [0.05, 0.1) is 5.41 Å². The highest BCUT2D eigenvalue weighted by Crippen LogP contribution is 2.55. The third-order valence-corrected chi connectivity index (χ3v) is 5.18. The van der Waals surface area contributed by atoms with E-state index in [1.807, 2.05) is 0 Å². The lowest BCUT2D eigenvalue weighted by Gasteiger charge is -2.39. The summed E-state index contributed by atoms with van der Waals surface area (Å²) >= 11 is 0. The number of Topliss-reactive ketones (excluding diaryl/α,β-unsaturated/α-hetero) is 1. The Morgan fingerprint density at radius 3 is 2.85 bits per heavy atom. The first-order chi connectivity index (χ1) is 9.61. The molecule has 4 rings (SSSR count). The lowest BCUT2D eigenvalue weighted by Crippen LogP contribution is -2.31. The maximum absolute atomic E-state index is 12.3. The molecule has 0 amide bonds. The average Bonchev–Trinajstić information content (AvgIpc) is 2.74. The van der Waals surface area contributed by atoms with Crippen LogP contribution in [0.1, 0.15) is 37.3 Å². The molecule has 3 aliphatic carbocycles. The summed E-state index contributed by atoms with van der Waals surface area (Å²) in [6, 6.07) is 8.63. The van der Waals surface area contributed by atoms with E-state index in [2.05, 4.69) is 43.8 Å². The summed E-state index contributed by atoms with van der Waals surface area (Å²) in [6.45, 7) is 6.40. The van der Waals surface area contributed by atoms with E-state index < -0.39 is 0 Å². The summed E-state index contributed by atoms with van der Waals surface area (Å²) in [5, 5.41) is 0. The van der Waals surface area contributed by atoms with Crippen molar-refractivity contribution in [2.75, 3.05) is 0 Å². The molecule has 0 saturated carbocycles. The van der Waals surface area contributed by atoms with Crippen LogP contribution in [-0.2, 0) is 11.2 Å². The monoisotopic (exact) mass is 262 g/mol. The summed E-state index contributed by atoms with van der Waals surface area (Å²) in [4.78, 5) is 12.3. The van der Waals surface area contributed by atoms with Gasteiger partial charge in [-0.05, 0) is 59.6 Å². The minimum Gasteiger partial charge on any atom is -0.298 e. The van der Waals surface area contributed by atoms with Crippen molar-refractivity contribution in [1.82, 2.24) is 0 Å². The number of benzene rings is 1. The van der Waals surface area contributed by atoms with Crippen LogP contribution in [-0.4, -0.2) is 5.78 Å². The highest BCUT2D eigenvalue weighted by molar-refractivity contribution is 6.00. The fourth-order valence-corrected chi connectivity index (χ4v) is 4.16. The normalized spacial score (nSPS) is 27.9. The number of carbonyl (C=O) groups excluding carboxylic acids is 1. The number of ketones is 1. The molecule has 1 unspecified atom stereocenters. The Morgan fingerprint density at radius 1 is 1.20 bits per heavy atom. The quantitative estimate of drug-likeness (QED) is 0.683. The highest BCUT2D eigenvalue weighted by Gasteiger charge is 2.46. The third-order valence-electron chi connectivity index (χ3n) is 5.18. The fourth-order valence-electron chi connectivity index (χ4n) is 4.16. The molecular weight excluding hydrogens is 244 g/mol. The molecule has 0 radical (unpaired) electrons. The van der Waals surface area contributed by atoms with Crippen molar-refractivity contribution in [3.05, 3.63) is 64.8 Å². The Labute approximate surface area is 119 Å². The van der Waals surface area contributed by atoms with Gasteiger partial charge in [-0.2, -0.15) is 0 Å². The number of hydrogen-bond donors (Lipinski definition) is 0. The van der Waals surface area contributed by atoms with Gasteiger partial charge in [0.2, 0.25) is 0 Å². The average molecular weight is 262 g/mol. The molecule has 0 bridgehead atoms. The van der Waals surface area contributed by atoms with Gasteiger partial charge in [0.25, 0.3) is 0 Å². The second-order valence-electron chi connectivity index (χ2n) is 6.37. The molecular formula is C19H18O. The van der Waals surface area contributed by atoms with E-state index >= 15 is 0 Å². The van der Waals surface area contributed by atoms with Gasteiger partial charge >= 0.3 is 0 Å². The predicted octanol–water partition coefficient (Wildman–Crippen LogP) is 4.25. The molecule has 1 nitrogen and oxygen atoms in total. The third kappa shape index (κ3) is 1.35. The molecule has 0 saturated heterocycles. The smallest absolute Gasteiger partial charge is 0.147 e. The number of hydrogen-bond acceptors (Lipinski definition) is 1. The molecule has 100 valence electrons. The Balaban J connectivity index is 1.98. The van der Waals surface area contributed by atoms with E-state index in [9.17, 15) is 4.79 Å². The number of fused-ring (bicyclic) bond motifs is 4. The number of aryl methyl sites for hydroxylation is 1. The zero-order valence-electron chi connectivity index (χ0n) is 11.8. The number of rotatable bonds is 0. The van der Waals surface area contributed by atoms with E-state index in [0.29, 0.717) is 12.2 Å². The zero-order valence-corrected chi connectivity index (χ0v) is 11.8. The van der Waals surface area contributed by atoms with Crippen LogP contribution in [0, 0.1) is 5.41 Å². The molecule has 0 heterocycles. The number of carbonyl (C=O) groups is 1.